The van der Waals surface area contributed by atoms with Crippen LogP contribution in [0, 0.1) is 0 Å². The van der Waals surface area contributed by atoms with Crippen LogP contribution in [-0.4, -0.2) is 31.0 Å². The Morgan fingerprint density at radius 3 is 2.35 bits per heavy atom. The van der Waals surface area contributed by atoms with Crippen LogP contribution in [0.5, 0.6) is 17.2 Å². The number of nitrogens with two attached hydrogens (primary N) is 1. The van der Waals surface area contributed by atoms with Crippen molar-refractivity contribution in [3.8, 4) is 17.2 Å². The van der Waals surface area contributed by atoms with Gasteiger partial charge in [-0.1, -0.05) is 12.1 Å². The van der Waals surface area contributed by atoms with Crippen LogP contribution in [0.3, 0.4) is 0 Å². The second-order valence-electron chi connectivity index (χ2n) is 4.97. The highest BCUT2D eigenvalue weighted by molar-refractivity contribution is 5.62. The molecule has 6 nitrogen and oxygen atoms in total. The van der Waals surface area contributed by atoms with Crippen LogP contribution in [-0.2, 0) is 6.61 Å². The van der Waals surface area contributed by atoms with Gasteiger partial charge in [0.1, 0.15) is 18.5 Å². The van der Waals surface area contributed by atoms with E-state index in [-0.39, 0.29) is 13.2 Å². The van der Waals surface area contributed by atoms with Gasteiger partial charge in [0.15, 0.2) is 11.5 Å². The summed E-state index contributed by atoms with van der Waals surface area (Å²) >= 11 is 0. The highest BCUT2D eigenvalue weighted by atomic mass is 16.5. The molecule has 0 fully saturated rings. The van der Waals surface area contributed by atoms with E-state index in [9.17, 15) is 10.2 Å². The minimum Gasteiger partial charge on any atom is -0.497 e. The van der Waals surface area contributed by atoms with Crippen molar-refractivity contribution < 1.29 is 24.4 Å². The van der Waals surface area contributed by atoms with E-state index in [4.69, 9.17) is 19.9 Å². The Morgan fingerprint density at radius 1 is 1.09 bits per heavy atom. The van der Waals surface area contributed by atoms with E-state index < -0.39 is 6.10 Å². The van der Waals surface area contributed by atoms with Crippen molar-refractivity contribution in [1.29, 1.82) is 0 Å². The van der Waals surface area contributed by atoms with Gasteiger partial charge < -0.3 is 30.2 Å². The largest absolute Gasteiger partial charge is 0.497 e. The molecule has 2 aromatic carbocycles. The number of hydrogen-bond acceptors (Lipinski definition) is 6. The van der Waals surface area contributed by atoms with Crippen molar-refractivity contribution in [1.82, 2.24) is 0 Å². The number of hydrogen-bond donors (Lipinski definition) is 3. The molecule has 0 aliphatic carbocycles. The first-order valence-corrected chi connectivity index (χ1v) is 7.11. The summed E-state index contributed by atoms with van der Waals surface area (Å²) in [6.45, 7) is -0.124. The Bertz CT molecular complexity index is 642. The predicted molar refractivity (Wildman–Crippen MR) is 86.8 cm³/mol. The molecule has 1 atom stereocenters. The third kappa shape index (κ3) is 4.06. The van der Waals surface area contributed by atoms with Crippen LogP contribution >= 0.6 is 0 Å². The SMILES string of the molecule is COc1ccc(C(O)COc2c(N)cc(CO)cc2OC)cc1. The summed E-state index contributed by atoms with van der Waals surface area (Å²) in [6.07, 6.45) is -0.817. The number of rotatable bonds is 7. The van der Waals surface area contributed by atoms with Crippen molar-refractivity contribution in [2.45, 2.75) is 12.7 Å². The van der Waals surface area contributed by atoms with Gasteiger partial charge in [-0.2, -0.15) is 0 Å². The quantitative estimate of drug-likeness (QED) is 0.675. The lowest BCUT2D eigenvalue weighted by molar-refractivity contribution is 0.106. The van der Waals surface area contributed by atoms with Crippen molar-refractivity contribution in [2.24, 2.45) is 0 Å². The van der Waals surface area contributed by atoms with E-state index in [1.807, 2.05) is 0 Å². The molecule has 0 aliphatic rings. The fraction of sp³-hybridized carbons (Fsp3) is 0.294. The lowest BCUT2D eigenvalue weighted by Gasteiger charge is -2.17. The average molecular weight is 319 g/mol. The Balaban J connectivity index is 2.10. The minimum atomic E-state index is -0.817. The van der Waals surface area contributed by atoms with Gasteiger partial charge in [0.2, 0.25) is 0 Å². The maximum atomic E-state index is 10.2. The number of aliphatic hydroxyl groups excluding tert-OH is 2. The second kappa shape index (κ2) is 7.71. The van der Waals surface area contributed by atoms with Crippen LogP contribution in [0.1, 0.15) is 17.2 Å². The maximum Gasteiger partial charge on any atom is 0.184 e. The summed E-state index contributed by atoms with van der Waals surface area (Å²) in [6, 6.07) is 10.3. The highest BCUT2D eigenvalue weighted by Crippen LogP contribution is 2.35. The zero-order chi connectivity index (χ0) is 16.8. The molecule has 4 N–H and O–H groups in total. The van der Waals surface area contributed by atoms with Crippen LogP contribution in [0.2, 0.25) is 0 Å². The molecule has 2 aromatic rings. The Hall–Kier alpha value is -2.44. The molecule has 0 aliphatic heterocycles. The fourth-order valence-corrected chi connectivity index (χ4v) is 2.17. The number of benzene rings is 2. The van der Waals surface area contributed by atoms with E-state index in [1.165, 1.54) is 7.11 Å². The van der Waals surface area contributed by atoms with Crippen molar-refractivity contribution in [2.75, 3.05) is 26.6 Å². The molecular weight excluding hydrogens is 298 g/mol. The van der Waals surface area contributed by atoms with Crippen LogP contribution in [0.15, 0.2) is 36.4 Å². The second-order valence-corrected chi connectivity index (χ2v) is 4.97. The van der Waals surface area contributed by atoms with E-state index in [0.717, 1.165) is 0 Å². The Morgan fingerprint density at radius 2 is 1.78 bits per heavy atom. The molecule has 124 valence electrons. The smallest absolute Gasteiger partial charge is 0.184 e. The van der Waals surface area contributed by atoms with Gasteiger partial charge in [0.25, 0.3) is 0 Å². The van der Waals surface area contributed by atoms with Crippen LogP contribution in [0.4, 0.5) is 5.69 Å². The van der Waals surface area contributed by atoms with E-state index >= 15 is 0 Å². The van der Waals surface area contributed by atoms with Gasteiger partial charge >= 0.3 is 0 Å². The summed E-state index contributed by atoms with van der Waals surface area (Å²) in [5.41, 5.74) is 7.60. The predicted octanol–water partition coefficient (Wildman–Crippen LogP) is 1.89. The number of aliphatic hydroxyl groups is 2. The molecule has 0 heterocycles. The van der Waals surface area contributed by atoms with Crippen LogP contribution < -0.4 is 19.9 Å². The molecular formula is C17H21NO5. The number of ether oxygens (including phenoxy) is 3. The van der Waals surface area contributed by atoms with Gasteiger partial charge in [-0.05, 0) is 35.4 Å². The van der Waals surface area contributed by atoms with Gasteiger partial charge in [-0.15, -0.1) is 0 Å². The first-order chi connectivity index (χ1) is 11.1. The zero-order valence-electron chi connectivity index (χ0n) is 13.2. The molecule has 23 heavy (non-hydrogen) atoms. The number of anilines is 1. The topological polar surface area (TPSA) is 94.2 Å². The van der Waals surface area contributed by atoms with Crippen molar-refractivity contribution in [3.63, 3.8) is 0 Å². The average Bonchev–Trinajstić information content (AvgIpc) is 2.59. The first-order valence-electron chi connectivity index (χ1n) is 7.11. The van der Waals surface area contributed by atoms with E-state index in [2.05, 4.69) is 0 Å². The molecule has 0 radical (unpaired) electrons. The Kier molecular flexibility index (Phi) is 5.67. The molecule has 6 heteroatoms. The molecule has 0 amide bonds. The van der Waals surface area contributed by atoms with Gasteiger partial charge in [-0.25, -0.2) is 0 Å². The minimum absolute atomic E-state index is 0.0192. The lowest BCUT2D eigenvalue weighted by Crippen LogP contribution is -2.11. The van der Waals surface area contributed by atoms with Gasteiger partial charge in [-0.3, -0.25) is 0 Å². The summed E-state index contributed by atoms with van der Waals surface area (Å²) in [7, 11) is 3.07. The first kappa shape index (κ1) is 16.9. The molecule has 0 aromatic heterocycles. The maximum absolute atomic E-state index is 10.2. The molecule has 0 bridgehead atoms. The summed E-state index contributed by atoms with van der Waals surface area (Å²) in [4.78, 5) is 0. The molecule has 2 rings (SSSR count). The highest BCUT2D eigenvalue weighted by Gasteiger charge is 2.14. The molecule has 0 spiro atoms. The van der Waals surface area contributed by atoms with E-state index in [0.29, 0.717) is 34.1 Å². The normalized spacial score (nSPS) is 11.8. The molecule has 1 unspecified atom stereocenters. The Labute approximate surface area is 135 Å². The lowest BCUT2D eigenvalue weighted by atomic mass is 10.1. The van der Waals surface area contributed by atoms with Crippen molar-refractivity contribution in [3.05, 3.63) is 47.5 Å². The number of nitrogen functional groups attached to an aromatic ring is 1. The zero-order valence-corrected chi connectivity index (χ0v) is 13.2. The fourth-order valence-electron chi connectivity index (χ4n) is 2.17. The third-order valence-corrected chi connectivity index (χ3v) is 3.43. The van der Waals surface area contributed by atoms with Crippen LogP contribution in [0.25, 0.3) is 0 Å². The van der Waals surface area contributed by atoms with Gasteiger partial charge in [0, 0.05) is 0 Å². The summed E-state index contributed by atoms with van der Waals surface area (Å²) in [5, 5.41) is 19.4. The standard InChI is InChI=1S/C17H21NO5/c1-21-13-5-3-12(4-6-13)15(20)10-23-17-14(18)7-11(9-19)8-16(17)22-2/h3-8,15,19-20H,9-10,18H2,1-2H3. The van der Waals surface area contributed by atoms with Gasteiger partial charge in [0.05, 0.1) is 26.5 Å². The summed E-state index contributed by atoms with van der Waals surface area (Å²) < 4.78 is 15.9. The monoisotopic (exact) mass is 319 g/mol. The van der Waals surface area contributed by atoms with E-state index in [1.54, 1.807) is 43.5 Å². The summed E-state index contributed by atoms with van der Waals surface area (Å²) in [5.74, 6) is 1.47. The third-order valence-electron chi connectivity index (χ3n) is 3.43. The number of methoxy groups -OCH3 is 2. The molecule has 0 saturated carbocycles. The molecule has 0 saturated heterocycles. The van der Waals surface area contributed by atoms with Crippen molar-refractivity contribution >= 4 is 5.69 Å².